The first kappa shape index (κ1) is 16.3. The first-order valence-corrected chi connectivity index (χ1v) is 8.16. The van der Waals surface area contributed by atoms with Gasteiger partial charge in [0.25, 0.3) is 0 Å². The van der Waals surface area contributed by atoms with Gasteiger partial charge in [0.05, 0.1) is 15.6 Å². The fourth-order valence-electron chi connectivity index (χ4n) is 1.65. The number of nitrogen functional groups attached to an aromatic ring is 1. The Bertz CT molecular complexity index is 529. The van der Waals surface area contributed by atoms with Crippen LogP contribution in [0.25, 0.3) is 0 Å². The number of benzene rings is 1. The lowest BCUT2D eigenvalue weighted by molar-refractivity contribution is 0.485. The molecule has 0 aromatic heterocycles. The largest absolute Gasteiger partial charge is 0.398 e. The monoisotopic (exact) mass is 304 g/mol. The van der Waals surface area contributed by atoms with Gasteiger partial charge in [0.2, 0.25) is 10.0 Å². The third-order valence-electron chi connectivity index (χ3n) is 2.82. The molecule has 0 saturated carbocycles. The quantitative estimate of drug-likeness (QED) is 0.793. The average molecular weight is 305 g/mol. The van der Waals surface area contributed by atoms with Gasteiger partial charge in [-0.25, -0.2) is 13.1 Å². The van der Waals surface area contributed by atoms with Crippen LogP contribution in [0.5, 0.6) is 0 Å². The zero-order chi connectivity index (χ0) is 14.6. The molecule has 1 atom stereocenters. The molecule has 6 heteroatoms. The van der Waals surface area contributed by atoms with Gasteiger partial charge in [-0.15, -0.1) is 0 Å². The SMILES string of the molecule is CC(C)CCC(C)NS(=O)(=O)c1ccc(N)c(Cl)c1. The van der Waals surface area contributed by atoms with E-state index in [2.05, 4.69) is 18.6 Å². The Morgan fingerprint density at radius 2 is 1.89 bits per heavy atom. The van der Waals surface area contributed by atoms with Gasteiger partial charge < -0.3 is 5.73 Å². The van der Waals surface area contributed by atoms with Crippen LogP contribution in [-0.4, -0.2) is 14.5 Å². The molecule has 1 rings (SSSR count). The molecule has 0 radical (unpaired) electrons. The van der Waals surface area contributed by atoms with Gasteiger partial charge in [-0.2, -0.15) is 0 Å². The Morgan fingerprint density at radius 3 is 2.42 bits per heavy atom. The second kappa shape index (κ2) is 6.59. The van der Waals surface area contributed by atoms with Crippen molar-refractivity contribution < 1.29 is 8.42 Å². The Labute approximate surface area is 120 Å². The van der Waals surface area contributed by atoms with Gasteiger partial charge in [0.15, 0.2) is 0 Å². The highest BCUT2D eigenvalue weighted by Gasteiger charge is 2.18. The molecule has 0 saturated heterocycles. The van der Waals surface area contributed by atoms with Crippen LogP contribution in [0.2, 0.25) is 5.02 Å². The molecule has 1 unspecified atom stereocenters. The van der Waals surface area contributed by atoms with Crippen LogP contribution in [0.15, 0.2) is 23.1 Å². The second-order valence-corrected chi connectivity index (χ2v) is 7.30. The summed E-state index contributed by atoms with van der Waals surface area (Å²) >= 11 is 5.84. The number of sulfonamides is 1. The summed E-state index contributed by atoms with van der Waals surface area (Å²) in [5.74, 6) is 0.554. The summed E-state index contributed by atoms with van der Waals surface area (Å²) < 4.78 is 26.9. The molecule has 0 aliphatic heterocycles. The lowest BCUT2D eigenvalue weighted by Gasteiger charge is -2.15. The van der Waals surface area contributed by atoms with Gasteiger partial charge >= 0.3 is 0 Å². The van der Waals surface area contributed by atoms with Crippen LogP contribution in [0.4, 0.5) is 5.69 Å². The van der Waals surface area contributed by atoms with E-state index in [-0.39, 0.29) is 16.0 Å². The normalized spacial score (nSPS) is 13.7. The fourth-order valence-corrected chi connectivity index (χ4v) is 3.20. The van der Waals surface area contributed by atoms with Gasteiger partial charge in [0.1, 0.15) is 0 Å². The van der Waals surface area contributed by atoms with Crippen LogP contribution in [0.3, 0.4) is 0 Å². The molecule has 1 aromatic carbocycles. The highest BCUT2D eigenvalue weighted by Crippen LogP contribution is 2.22. The summed E-state index contributed by atoms with van der Waals surface area (Å²) in [7, 11) is -3.54. The lowest BCUT2D eigenvalue weighted by atomic mass is 10.1. The number of nitrogens with two attached hydrogens (primary N) is 1. The zero-order valence-electron chi connectivity index (χ0n) is 11.5. The average Bonchev–Trinajstić information content (AvgIpc) is 2.29. The summed E-state index contributed by atoms with van der Waals surface area (Å²) in [5, 5.41) is 0.248. The minimum atomic E-state index is -3.54. The topological polar surface area (TPSA) is 72.2 Å². The van der Waals surface area contributed by atoms with E-state index in [4.69, 9.17) is 17.3 Å². The molecule has 0 spiro atoms. The van der Waals surface area contributed by atoms with E-state index in [1.165, 1.54) is 18.2 Å². The molecule has 0 amide bonds. The fraction of sp³-hybridized carbons (Fsp3) is 0.538. The molecule has 19 heavy (non-hydrogen) atoms. The minimum Gasteiger partial charge on any atom is -0.398 e. The first-order valence-electron chi connectivity index (χ1n) is 6.29. The standard InChI is InChI=1S/C13H21ClN2O2S/c1-9(2)4-5-10(3)16-19(17,18)11-6-7-13(15)12(14)8-11/h6-10,16H,4-5,15H2,1-3H3. The molecule has 0 aliphatic carbocycles. The summed E-state index contributed by atoms with van der Waals surface area (Å²) in [6.45, 7) is 6.08. The molecule has 0 bridgehead atoms. The highest BCUT2D eigenvalue weighted by atomic mass is 35.5. The molecule has 108 valence electrons. The molecule has 0 fully saturated rings. The van der Waals surface area contributed by atoms with Gasteiger partial charge in [-0.3, -0.25) is 0 Å². The van der Waals surface area contributed by atoms with E-state index in [0.29, 0.717) is 11.6 Å². The number of nitrogens with one attached hydrogen (secondary N) is 1. The minimum absolute atomic E-state index is 0.108. The molecular formula is C13H21ClN2O2S. The summed E-state index contributed by atoms with van der Waals surface area (Å²) in [4.78, 5) is 0.142. The van der Waals surface area contributed by atoms with Crippen molar-refractivity contribution in [1.82, 2.24) is 4.72 Å². The van der Waals surface area contributed by atoms with Crippen LogP contribution in [0.1, 0.15) is 33.6 Å². The van der Waals surface area contributed by atoms with Crippen molar-refractivity contribution >= 4 is 27.3 Å². The maximum atomic E-state index is 12.1. The van der Waals surface area contributed by atoms with E-state index in [9.17, 15) is 8.42 Å². The highest BCUT2D eigenvalue weighted by molar-refractivity contribution is 7.89. The van der Waals surface area contributed by atoms with Crippen LogP contribution < -0.4 is 10.5 Å². The van der Waals surface area contributed by atoms with Crippen LogP contribution in [-0.2, 0) is 10.0 Å². The van der Waals surface area contributed by atoms with Gasteiger partial charge in [-0.1, -0.05) is 25.4 Å². The maximum absolute atomic E-state index is 12.1. The zero-order valence-corrected chi connectivity index (χ0v) is 13.1. The number of halogens is 1. The van der Waals surface area contributed by atoms with Crippen LogP contribution in [0, 0.1) is 5.92 Å². The predicted octanol–water partition coefficient (Wildman–Crippen LogP) is 3.03. The van der Waals surface area contributed by atoms with Crippen molar-refractivity contribution in [3.8, 4) is 0 Å². The van der Waals surface area contributed by atoms with E-state index in [1.54, 1.807) is 0 Å². The summed E-state index contributed by atoms with van der Waals surface area (Å²) in [6.07, 6.45) is 1.78. The number of anilines is 1. The predicted molar refractivity (Wildman–Crippen MR) is 79.7 cm³/mol. The van der Waals surface area contributed by atoms with E-state index >= 15 is 0 Å². The third-order valence-corrected chi connectivity index (χ3v) is 4.73. The Balaban J connectivity index is 2.77. The van der Waals surface area contributed by atoms with Crippen molar-refractivity contribution in [3.05, 3.63) is 23.2 Å². The van der Waals surface area contributed by atoms with E-state index < -0.39 is 10.0 Å². The van der Waals surface area contributed by atoms with Crippen molar-refractivity contribution in [3.63, 3.8) is 0 Å². The summed E-state index contributed by atoms with van der Waals surface area (Å²) in [5.41, 5.74) is 5.94. The maximum Gasteiger partial charge on any atom is 0.240 e. The molecule has 4 nitrogen and oxygen atoms in total. The molecule has 0 aliphatic rings. The Morgan fingerprint density at radius 1 is 1.26 bits per heavy atom. The number of hydrogen-bond acceptors (Lipinski definition) is 3. The Hall–Kier alpha value is -0.780. The Kier molecular flexibility index (Phi) is 5.64. The first-order chi connectivity index (χ1) is 8.72. The molecule has 1 aromatic rings. The van der Waals surface area contributed by atoms with Gasteiger partial charge in [-0.05, 0) is 43.9 Å². The lowest BCUT2D eigenvalue weighted by Crippen LogP contribution is -2.32. The molecule has 0 heterocycles. The van der Waals surface area contributed by atoms with Crippen molar-refractivity contribution in [2.24, 2.45) is 5.92 Å². The van der Waals surface area contributed by atoms with Crippen molar-refractivity contribution in [1.29, 1.82) is 0 Å². The van der Waals surface area contributed by atoms with Crippen molar-refractivity contribution in [2.45, 2.75) is 44.6 Å². The second-order valence-electron chi connectivity index (χ2n) is 5.18. The molecular weight excluding hydrogens is 284 g/mol. The summed E-state index contributed by atoms with van der Waals surface area (Å²) in [6, 6.07) is 4.21. The van der Waals surface area contributed by atoms with E-state index in [0.717, 1.165) is 12.8 Å². The van der Waals surface area contributed by atoms with Crippen molar-refractivity contribution in [2.75, 3.05) is 5.73 Å². The molecule has 3 N–H and O–H groups in total. The van der Waals surface area contributed by atoms with Crippen LogP contribution >= 0.6 is 11.6 Å². The number of hydrogen-bond donors (Lipinski definition) is 2. The third kappa shape index (κ3) is 5.01. The van der Waals surface area contributed by atoms with Gasteiger partial charge in [0, 0.05) is 6.04 Å². The number of rotatable bonds is 6. The van der Waals surface area contributed by atoms with E-state index in [1.807, 2.05) is 6.92 Å². The smallest absolute Gasteiger partial charge is 0.240 e.